The van der Waals surface area contributed by atoms with Crippen LogP contribution in [0.25, 0.3) is 32.7 Å². The summed E-state index contributed by atoms with van der Waals surface area (Å²) in [6, 6.07) is 28.6. The second-order valence-electron chi connectivity index (χ2n) is 6.61. The van der Waals surface area contributed by atoms with Gasteiger partial charge in [-0.05, 0) is 58.3 Å². The summed E-state index contributed by atoms with van der Waals surface area (Å²) in [6.07, 6.45) is 1.72. The van der Waals surface area contributed by atoms with E-state index in [4.69, 9.17) is 4.74 Å². The molecule has 4 aromatic carbocycles. The van der Waals surface area contributed by atoms with Crippen molar-refractivity contribution >= 4 is 21.5 Å². The first kappa shape index (κ1) is 16.5. The smallest absolute Gasteiger partial charge is 0.227 e. The summed E-state index contributed by atoms with van der Waals surface area (Å²) in [4.78, 5) is 4.37. The molecule has 0 saturated carbocycles. The van der Waals surface area contributed by atoms with Gasteiger partial charge in [0, 0.05) is 17.0 Å². The van der Waals surface area contributed by atoms with Gasteiger partial charge in [-0.1, -0.05) is 54.6 Å². The number of ether oxygens (including phenoxy) is 1. The van der Waals surface area contributed by atoms with E-state index < -0.39 is 0 Å². The first-order chi connectivity index (χ1) is 13.8. The lowest BCUT2D eigenvalue weighted by molar-refractivity contribution is 0.469. The summed E-state index contributed by atoms with van der Waals surface area (Å²) >= 11 is 0. The van der Waals surface area contributed by atoms with Gasteiger partial charge in [0.2, 0.25) is 5.88 Å². The van der Waals surface area contributed by atoms with Crippen molar-refractivity contribution < 1.29 is 9.13 Å². The number of fused-ring (bicyclic) bond motifs is 2. The fourth-order valence-electron chi connectivity index (χ4n) is 3.50. The van der Waals surface area contributed by atoms with Gasteiger partial charge in [-0.15, -0.1) is 0 Å². The SMILES string of the molecule is Fc1ccc(-c2ccccc2)c2cc3ccnc(Oc4ccccc4)c3cc12. The van der Waals surface area contributed by atoms with Crippen molar-refractivity contribution in [2.75, 3.05) is 0 Å². The third-order valence-electron chi connectivity index (χ3n) is 4.85. The zero-order valence-electron chi connectivity index (χ0n) is 15.0. The molecule has 3 heteroatoms. The van der Waals surface area contributed by atoms with Crippen LogP contribution in [0.3, 0.4) is 0 Å². The van der Waals surface area contributed by atoms with E-state index in [1.54, 1.807) is 6.20 Å². The van der Waals surface area contributed by atoms with E-state index in [0.29, 0.717) is 17.0 Å². The number of hydrogen-bond acceptors (Lipinski definition) is 2. The number of aromatic nitrogens is 1. The number of pyridine rings is 1. The highest BCUT2D eigenvalue weighted by Gasteiger charge is 2.12. The third kappa shape index (κ3) is 2.87. The van der Waals surface area contributed by atoms with Crippen molar-refractivity contribution in [3.8, 4) is 22.8 Å². The second kappa shape index (κ2) is 6.78. The monoisotopic (exact) mass is 365 g/mol. The first-order valence-electron chi connectivity index (χ1n) is 9.09. The molecule has 2 nitrogen and oxygen atoms in total. The van der Waals surface area contributed by atoms with Gasteiger partial charge in [-0.25, -0.2) is 9.37 Å². The quantitative estimate of drug-likeness (QED) is 0.322. The van der Waals surface area contributed by atoms with Crippen molar-refractivity contribution in [3.63, 3.8) is 0 Å². The highest BCUT2D eigenvalue weighted by molar-refractivity contribution is 6.06. The van der Waals surface area contributed by atoms with Gasteiger partial charge >= 0.3 is 0 Å². The van der Waals surface area contributed by atoms with Crippen LogP contribution in [0.2, 0.25) is 0 Å². The molecule has 0 atom stereocenters. The van der Waals surface area contributed by atoms with Gasteiger partial charge in [-0.2, -0.15) is 0 Å². The van der Waals surface area contributed by atoms with Crippen molar-refractivity contribution in [3.05, 3.63) is 103 Å². The van der Waals surface area contributed by atoms with Crippen molar-refractivity contribution in [1.29, 1.82) is 0 Å². The van der Waals surface area contributed by atoms with E-state index in [0.717, 1.165) is 27.3 Å². The molecule has 0 amide bonds. The summed E-state index contributed by atoms with van der Waals surface area (Å²) in [5.41, 5.74) is 2.06. The van der Waals surface area contributed by atoms with Crippen molar-refractivity contribution in [1.82, 2.24) is 4.98 Å². The summed E-state index contributed by atoms with van der Waals surface area (Å²) in [5, 5.41) is 3.16. The first-order valence-corrected chi connectivity index (χ1v) is 9.09. The molecule has 28 heavy (non-hydrogen) atoms. The highest BCUT2D eigenvalue weighted by Crippen LogP contribution is 2.36. The second-order valence-corrected chi connectivity index (χ2v) is 6.61. The molecule has 0 N–H and O–H groups in total. The van der Waals surface area contributed by atoms with Gasteiger partial charge in [0.15, 0.2) is 0 Å². The van der Waals surface area contributed by atoms with E-state index in [2.05, 4.69) is 4.98 Å². The number of hydrogen-bond donors (Lipinski definition) is 0. The summed E-state index contributed by atoms with van der Waals surface area (Å²) in [6.45, 7) is 0. The van der Waals surface area contributed by atoms with Crippen molar-refractivity contribution in [2.45, 2.75) is 0 Å². The number of para-hydroxylation sites is 1. The Hall–Kier alpha value is -3.72. The Labute approximate surface area is 161 Å². The maximum Gasteiger partial charge on any atom is 0.227 e. The lowest BCUT2D eigenvalue weighted by Crippen LogP contribution is -1.91. The van der Waals surface area contributed by atoms with Crippen LogP contribution in [-0.2, 0) is 0 Å². The maximum atomic E-state index is 14.7. The molecule has 0 saturated heterocycles. The number of halogens is 1. The molecular formula is C25H16FNO. The topological polar surface area (TPSA) is 22.1 Å². The zero-order chi connectivity index (χ0) is 18.9. The Morgan fingerprint density at radius 2 is 1.43 bits per heavy atom. The standard InChI is InChI=1S/C25H16FNO/c26-24-12-11-20(17-7-3-1-4-8-17)22-15-18-13-14-27-25(21(18)16-23(22)24)28-19-9-5-2-6-10-19/h1-16H. The third-order valence-corrected chi connectivity index (χ3v) is 4.85. The molecule has 0 fully saturated rings. The molecule has 134 valence electrons. The van der Waals surface area contributed by atoms with Crippen LogP contribution < -0.4 is 4.74 Å². The molecule has 5 rings (SSSR count). The maximum absolute atomic E-state index is 14.7. The molecule has 1 aromatic heterocycles. The lowest BCUT2D eigenvalue weighted by atomic mass is 9.95. The fraction of sp³-hybridized carbons (Fsp3) is 0. The van der Waals surface area contributed by atoms with Gasteiger partial charge in [0.05, 0.1) is 0 Å². The minimum absolute atomic E-state index is 0.258. The molecule has 0 radical (unpaired) electrons. The van der Waals surface area contributed by atoms with Crippen LogP contribution in [-0.4, -0.2) is 4.98 Å². The largest absolute Gasteiger partial charge is 0.438 e. The minimum atomic E-state index is -0.258. The van der Waals surface area contributed by atoms with Crippen LogP contribution >= 0.6 is 0 Å². The minimum Gasteiger partial charge on any atom is -0.438 e. The summed E-state index contributed by atoms with van der Waals surface area (Å²) < 4.78 is 20.7. The van der Waals surface area contributed by atoms with E-state index >= 15 is 0 Å². The predicted octanol–water partition coefficient (Wildman–Crippen LogP) is 6.99. The number of nitrogens with zero attached hydrogens (tertiary/aromatic N) is 1. The zero-order valence-corrected chi connectivity index (χ0v) is 15.0. The molecule has 0 unspecified atom stereocenters. The van der Waals surface area contributed by atoms with Crippen LogP contribution in [0.5, 0.6) is 11.6 Å². The van der Waals surface area contributed by atoms with Gasteiger partial charge in [0.1, 0.15) is 11.6 Å². The van der Waals surface area contributed by atoms with Gasteiger partial charge in [-0.3, -0.25) is 0 Å². The average molecular weight is 365 g/mol. The molecule has 0 spiro atoms. The Balaban J connectivity index is 1.74. The molecule has 5 aromatic rings. The summed E-state index contributed by atoms with van der Waals surface area (Å²) in [5.74, 6) is 0.905. The van der Waals surface area contributed by atoms with E-state index in [9.17, 15) is 4.39 Å². The molecule has 0 aliphatic heterocycles. The Kier molecular flexibility index (Phi) is 3.99. The Morgan fingerprint density at radius 1 is 0.679 bits per heavy atom. The van der Waals surface area contributed by atoms with E-state index in [1.807, 2.05) is 84.9 Å². The Bertz CT molecular complexity index is 1280. The van der Waals surface area contributed by atoms with Gasteiger partial charge < -0.3 is 4.74 Å². The van der Waals surface area contributed by atoms with E-state index in [1.165, 1.54) is 6.07 Å². The van der Waals surface area contributed by atoms with E-state index in [-0.39, 0.29) is 5.82 Å². The highest BCUT2D eigenvalue weighted by atomic mass is 19.1. The van der Waals surface area contributed by atoms with Crippen molar-refractivity contribution in [2.24, 2.45) is 0 Å². The number of benzene rings is 4. The van der Waals surface area contributed by atoms with Gasteiger partial charge in [0.25, 0.3) is 0 Å². The fourth-order valence-corrected chi connectivity index (χ4v) is 3.50. The normalized spacial score (nSPS) is 11.0. The summed E-state index contributed by atoms with van der Waals surface area (Å²) in [7, 11) is 0. The lowest BCUT2D eigenvalue weighted by Gasteiger charge is -2.12. The van der Waals surface area contributed by atoms with Crippen LogP contribution in [0, 0.1) is 5.82 Å². The molecular weight excluding hydrogens is 349 g/mol. The molecule has 0 aliphatic carbocycles. The Morgan fingerprint density at radius 3 is 2.21 bits per heavy atom. The molecule has 1 heterocycles. The molecule has 0 bridgehead atoms. The van der Waals surface area contributed by atoms with Crippen LogP contribution in [0.15, 0.2) is 97.2 Å². The predicted molar refractivity (Wildman–Crippen MR) is 111 cm³/mol. The average Bonchev–Trinajstić information content (AvgIpc) is 2.75. The van der Waals surface area contributed by atoms with Crippen LogP contribution in [0.4, 0.5) is 4.39 Å². The number of rotatable bonds is 3. The molecule has 0 aliphatic rings. The van der Waals surface area contributed by atoms with Crippen LogP contribution in [0.1, 0.15) is 0 Å².